The van der Waals surface area contributed by atoms with Gasteiger partial charge in [-0.05, 0) is 117 Å². The Hall–Kier alpha value is -1.38. The summed E-state index contributed by atoms with van der Waals surface area (Å²) in [5.41, 5.74) is 13.7. The highest BCUT2D eigenvalue weighted by atomic mass is 14.9. The maximum atomic E-state index is 4.39. The smallest absolute Gasteiger partial charge is 0.0656 e. The first kappa shape index (κ1) is 31.6. The third-order valence-electron chi connectivity index (χ3n) is 12.1. The molecule has 0 aromatic rings. The van der Waals surface area contributed by atoms with E-state index in [1.807, 2.05) is 0 Å². The lowest BCUT2D eigenvalue weighted by Crippen LogP contribution is -2.40. The van der Waals surface area contributed by atoms with Crippen molar-refractivity contribution in [2.75, 3.05) is 6.54 Å². The van der Waals surface area contributed by atoms with Crippen molar-refractivity contribution >= 4 is 0 Å². The molecule has 0 radical (unpaired) electrons. The lowest BCUT2D eigenvalue weighted by atomic mass is 9.56. The average Bonchev–Trinajstić information content (AvgIpc) is 2.95. The van der Waals surface area contributed by atoms with Crippen LogP contribution >= 0.6 is 0 Å². The molecule has 1 heteroatoms. The molecule has 0 aromatic carbocycles. The zero-order valence-electron chi connectivity index (χ0n) is 26.6. The number of fused-ring (bicyclic) bond motifs is 9. The molecule has 0 spiro atoms. The van der Waals surface area contributed by atoms with Gasteiger partial charge in [-0.1, -0.05) is 103 Å². The van der Waals surface area contributed by atoms with Crippen LogP contribution < -0.4 is 5.32 Å². The molecular weight excluding hydrogens is 482 g/mol. The van der Waals surface area contributed by atoms with Crippen molar-refractivity contribution in [3.8, 4) is 0 Å². The summed E-state index contributed by atoms with van der Waals surface area (Å²) in [5.74, 6) is 4.55. The number of hydrogen-bond acceptors (Lipinski definition) is 1. The highest BCUT2D eigenvalue weighted by Crippen LogP contribution is 2.54. The van der Waals surface area contributed by atoms with Crippen molar-refractivity contribution in [3.63, 3.8) is 0 Å². The van der Waals surface area contributed by atoms with Crippen molar-refractivity contribution in [3.05, 3.63) is 41.6 Å². The summed E-state index contributed by atoms with van der Waals surface area (Å²) in [6, 6.07) is 0. The summed E-state index contributed by atoms with van der Waals surface area (Å²) in [5, 5.41) is 3.92. The molecule has 5 fully saturated rings. The molecule has 7 atom stereocenters. The van der Waals surface area contributed by atoms with E-state index in [1.54, 1.807) is 5.57 Å². The Balaban J connectivity index is 1.84. The molecule has 1 saturated heterocycles. The molecule has 224 valence electrons. The molecule has 4 saturated carbocycles. The van der Waals surface area contributed by atoms with Gasteiger partial charge in [0.25, 0.3) is 0 Å². The minimum Gasteiger partial charge on any atom is -0.381 e. The number of allylic oxidation sites excluding steroid dienone is 2. The summed E-state index contributed by atoms with van der Waals surface area (Å²) in [4.78, 5) is 0. The molecule has 1 heterocycles. The zero-order chi connectivity index (χ0) is 28.2. The van der Waals surface area contributed by atoms with Crippen LogP contribution in [0.2, 0.25) is 0 Å². The Labute approximate surface area is 249 Å². The highest BCUT2D eigenvalue weighted by Gasteiger charge is 2.44. The summed E-state index contributed by atoms with van der Waals surface area (Å²) in [6.45, 7) is 14.6. The van der Waals surface area contributed by atoms with Crippen molar-refractivity contribution in [2.24, 2.45) is 40.9 Å². The Morgan fingerprint density at radius 1 is 0.800 bits per heavy atom. The van der Waals surface area contributed by atoms with E-state index >= 15 is 0 Å². The van der Waals surface area contributed by atoms with E-state index in [0.29, 0.717) is 17.3 Å². The zero-order valence-corrected chi connectivity index (χ0v) is 26.6. The van der Waals surface area contributed by atoms with Crippen LogP contribution in [0.25, 0.3) is 0 Å². The standard InChI is InChI=1S/C39H63N/c1-5-18-34-32(7-3)30-31-20-10-8-11-22-33-26-28-39(4)27-16-15-25-37(39)36(34)24-12-9-17-29-40-38(19-6-2)35(33)23-14-13-21-31/h31,33-37,40H,2-3,5,8-18,20-30H2,1,4H3/t31?,33?,34?,35?,36?,37?,39-/m0/s1. The Morgan fingerprint density at radius 3 is 2.33 bits per heavy atom. The van der Waals surface area contributed by atoms with Gasteiger partial charge in [-0.2, -0.15) is 0 Å². The summed E-state index contributed by atoms with van der Waals surface area (Å²) in [6.07, 6.45) is 30.2. The van der Waals surface area contributed by atoms with E-state index in [2.05, 4.69) is 49.5 Å². The first-order valence-corrected chi connectivity index (χ1v) is 17.9. The van der Waals surface area contributed by atoms with E-state index in [4.69, 9.17) is 0 Å². The molecule has 40 heavy (non-hydrogen) atoms. The van der Waals surface area contributed by atoms with Gasteiger partial charge in [0, 0.05) is 12.5 Å². The van der Waals surface area contributed by atoms with Gasteiger partial charge in [0.15, 0.2) is 0 Å². The summed E-state index contributed by atoms with van der Waals surface area (Å²) < 4.78 is 0. The summed E-state index contributed by atoms with van der Waals surface area (Å²) >= 11 is 0. The highest BCUT2D eigenvalue weighted by molar-refractivity contribution is 5.11. The van der Waals surface area contributed by atoms with E-state index in [1.165, 1.54) is 147 Å². The molecular formula is C39H63N. The largest absolute Gasteiger partial charge is 0.381 e. The molecule has 1 N–H and O–H groups in total. The van der Waals surface area contributed by atoms with Crippen LogP contribution in [0.4, 0.5) is 0 Å². The van der Waals surface area contributed by atoms with Crippen molar-refractivity contribution in [1.29, 1.82) is 0 Å². The van der Waals surface area contributed by atoms with Gasteiger partial charge >= 0.3 is 0 Å². The lowest BCUT2D eigenvalue weighted by molar-refractivity contribution is 0.0201. The van der Waals surface area contributed by atoms with Gasteiger partial charge in [0.2, 0.25) is 0 Å². The Bertz CT molecular complexity index is 909. The minimum absolute atomic E-state index is 0.472. The fourth-order valence-corrected chi connectivity index (χ4v) is 9.88. The number of rotatable bonds is 2. The second kappa shape index (κ2) is 16.3. The first-order valence-electron chi connectivity index (χ1n) is 17.9. The second-order valence-electron chi connectivity index (χ2n) is 14.7. The fraction of sp³-hybridized carbons (Fsp3) is 0.821. The van der Waals surface area contributed by atoms with Crippen LogP contribution in [0.15, 0.2) is 41.6 Å². The van der Waals surface area contributed by atoms with Crippen LogP contribution in [-0.4, -0.2) is 6.54 Å². The van der Waals surface area contributed by atoms with E-state index in [9.17, 15) is 0 Å². The molecule has 1 nitrogen and oxygen atoms in total. The van der Waals surface area contributed by atoms with Crippen molar-refractivity contribution < 1.29 is 0 Å². The molecule has 0 amide bonds. The Morgan fingerprint density at radius 2 is 1.52 bits per heavy atom. The number of nitrogens with one attached hydrogen (secondary N) is 1. The third-order valence-corrected chi connectivity index (χ3v) is 12.1. The van der Waals surface area contributed by atoms with Crippen molar-refractivity contribution in [1.82, 2.24) is 5.32 Å². The molecule has 0 aromatic heterocycles. The van der Waals surface area contributed by atoms with E-state index in [0.717, 1.165) is 30.2 Å². The molecule has 1 aliphatic heterocycles. The second-order valence-corrected chi connectivity index (χ2v) is 14.7. The van der Waals surface area contributed by atoms with Gasteiger partial charge in [-0.15, -0.1) is 5.73 Å². The lowest BCUT2D eigenvalue weighted by Gasteiger charge is -2.49. The maximum Gasteiger partial charge on any atom is 0.0656 e. The minimum atomic E-state index is 0.472. The third kappa shape index (κ3) is 8.34. The van der Waals surface area contributed by atoms with Gasteiger partial charge < -0.3 is 5.32 Å². The van der Waals surface area contributed by atoms with Crippen LogP contribution in [0.5, 0.6) is 0 Å². The van der Waals surface area contributed by atoms with Crippen LogP contribution in [0, 0.1) is 40.9 Å². The molecule has 4 bridgehead atoms. The maximum absolute atomic E-state index is 4.39. The van der Waals surface area contributed by atoms with Crippen LogP contribution in [-0.2, 0) is 0 Å². The van der Waals surface area contributed by atoms with Crippen molar-refractivity contribution in [2.45, 2.75) is 155 Å². The van der Waals surface area contributed by atoms with Crippen LogP contribution in [0.3, 0.4) is 0 Å². The van der Waals surface area contributed by atoms with E-state index in [-0.39, 0.29) is 0 Å². The fourth-order valence-electron chi connectivity index (χ4n) is 9.88. The normalized spacial score (nSPS) is 37.0. The van der Waals surface area contributed by atoms with Gasteiger partial charge in [0.1, 0.15) is 0 Å². The molecule has 5 rings (SSSR count). The average molecular weight is 546 g/mol. The number of hydrogen-bond donors (Lipinski definition) is 1. The quantitative estimate of drug-likeness (QED) is 0.340. The molecule has 5 aliphatic rings. The summed E-state index contributed by atoms with van der Waals surface area (Å²) in [7, 11) is 0. The van der Waals surface area contributed by atoms with Gasteiger partial charge in [-0.3, -0.25) is 0 Å². The topological polar surface area (TPSA) is 12.0 Å². The van der Waals surface area contributed by atoms with E-state index < -0.39 is 0 Å². The SMILES string of the molecule is C=C=C=C1NCCCCCC2C(CCC)C(=C=C)CC3CCCCCC(CC[C@]4(C)CCCCC24)C1CCCC3. The molecule has 6 unspecified atom stereocenters. The van der Waals surface area contributed by atoms with Gasteiger partial charge in [0.05, 0.1) is 5.70 Å². The van der Waals surface area contributed by atoms with Crippen LogP contribution in [0.1, 0.15) is 155 Å². The Kier molecular flexibility index (Phi) is 12.9. The monoisotopic (exact) mass is 545 g/mol. The van der Waals surface area contributed by atoms with Gasteiger partial charge in [-0.25, -0.2) is 0 Å². The predicted molar refractivity (Wildman–Crippen MR) is 173 cm³/mol. The first-order chi connectivity index (χ1) is 19.6. The molecule has 4 aliphatic carbocycles. The predicted octanol–water partition coefficient (Wildman–Crippen LogP) is 11.5.